The highest BCUT2D eigenvalue weighted by molar-refractivity contribution is 5.38. The van der Waals surface area contributed by atoms with E-state index in [0.29, 0.717) is 6.61 Å². The molecule has 1 aromatic carbocycles. The first-order chi connectivity index (χ1) is 9.97. The molecule has 22 heavy (non-hydrogen) atoms. The lowest BCUT2D eigenvalue weighted by molar-refractivity contribution is -0.00000718. The van der Waals surface area contributed by atoms with Crippen LogP contribution in [-0.2, 0) is 5.41 Å². The zero-order valence-electron chi connectivity index (χ0n) is 14.0. The summed E-state index contributed by atoms with van der Waals surface area (Å²) in [5, 5.41) is 10.2. The normalized spacial score (nSPS) is 17.6. The highest BCUT2D eigenvalue weighted by Crippen LogP contribution is 2.30. The lowest BCUT2D eigenvalue weighted by Crippen LogP contribution is -3.00. The van der Waals surface area contributed by atoms with E-state index in [1.807, 2.05) is 18.2 Å². The Balaban J connectivity index is 0.00000242. The van der Waals surface area contributed by atoms with Crippen molar-refractivity contribution in [1.82, 2.24) is 4.90 Å². The Morgan fingerprint density at radius 3 is 2.41 bits per heavy atom. The number of nitrogens with zero attached hydrogens (tertiary/aromatic N) is 1. The van der Waals surface area contributed by atoms with Gasteiger partial charge in [-0.25, -0.2) is 0 Å². The standard InChI is InChI=1S/C18H29NO2.ClH/c1-18(2,3)16-9-5-6-10-17(16)21-14-15(20)13-19-11-7-4-8-12-19;/h5-6,9-10,15,20H,4,7-8,11-14H2,1-3H3;1H/p-1. The molecule has 0 amide bonds. The molecule has 1 atom stereocenters. The minimum atomic E-state index is -0.420. The van der Waals surface area contributed by atoms with E-state index in [4.69, 9.17) is 4.74 Å². The first-order valence-corrected chi connectivity index (χ1v) is 8.09. The van der Waals surface area contributed by atoms with E-state index in [2.05, 4.69) is 31.7 Å². The summed E-state index contributed by atoms with van der Waals surface area (Å²) >= 11 is 0. The Morgan fingerprint density at radius 2 is 1.77 bits per heavy atom. The molecule has 1 unspecified atom stereocenters. The van der Waals surface area contributed by atoms with Crippen molar-refractivity contribution in [2.75, 3.05) is 26.2 Å². The number of aliphatic hydroxyl groups is 1. The predicted octanol–water partition coefficient (Wildman–Crippen LogP) is 0.214. The summed E-state index contributed by atoms with van der Waals surface area (Å²) < 4.78 is 5.89. The van der Waals surface area contributed by atoms with Gasteiger partial charge < -0.3 is 27.2 Å². The van der Waals surface area contributed by atoms with Crippen LogP contribution in [0.3, 0.4) is 0 Å². The number of benzene rings is 1. The monoisotopic (exact) mass is 326 g/mol. The van der Waals surface area contributed by atoms with E-state index >= 15 is 0 Å². The third kappa shape index (κ3) is 5.79. The Morgan fingerprint density at radius 1 is 1.14 bits per heavy atom. The van der Waals surface area contributed by atoms with E-state index in [1.54, 1.807) is 0 Å². The highest BCUT2D eigenvalue weighted by Gasteiger charge is 2.20. The van der Waals surface area contributed by atoms with E-state index in [9.17, 15) is 5.11 Å². The molecule has 1 aliphatic heterocycles. The van der Waals surface area contributed by atoms with Gasteiger partial charge in [0.1, 0.15) is 18.5 Å². The van der Waals surface area contributed by atoms with Gasteiger partial charge in [-0.1, -0.05) is 45.4 Å². The van der Waals surface area contributed by atoms with Crippen molar-refractivity contribution >= 4 is 0 Å². The van der Waals surface area contributed by atoms with E-state index in [1.165, 1.54) is 24.8 Å². The van der Waals surface area contributed by atoms with Crippen molar-refractivity contribution in [3.63, 3.8) is 0 Å². The second-order valence-electron chi connectivity index (χ2n) is 7.07. The molecule has 1 fully saturated rings. The van der Waals surface area contributed by atoms with E-state index < -0.39 is 6.10 Å². The molecule has 1 saturated heterocycles. The Bertz CT molecular complexity index is 439. The van der Waals surface area contributed by atoms with Crippen LogP contribution in [0, 0.1) is 0 Å². The first kappa shape index (κ1) is 19.3. The van der Waals surface area contributed by atoms with Crippen molar-refractivity contribution in [2.45, 2.75) is 51.6 Å². The molecule has 0 aromatic heterocycles. The van der Waals surface area contributed by atoms with Crippen LogP contribution in [-0.4, -0.2) is 42.4 Å². The van der Waals surface area contributed by atoms with Crippen LogP contribution in [0.4, 0.5) is 0 Å². The summed E-state index contributed by atoms with van der Waals surface area (Å²) in [5.74, 6) is 0.891. The summed E-state index contributed by atoms with van der Waals surface area (Å²) in [6.07, 6.45) is 3.40. The van der Waals surface area contributed by atoms with Crippen LogP contribution in [0.1, 0.15) is 45.6 Å². The SMILES string of the molecule is CC(C)(C)c1ccccc1OCC(O)CN1CCCCC1.[Cl-]. The average Bonchev–Trinajstić information content (AvgIpc) is 2.45. The average molecular weight is 327 g/mol. The number of likely N-dealkylation sites (tertiary alicyclic amines) is 1. The number of aliphatic hydroxyl groups excluding tert-OH is 1. The molecule has 0 spiro atoms. The molecule has 1 heterocycles. The zero-order valence-corrected chi connectivity index (χ0v) is 14.8. The van der Waals surface area contributed by atoms with Crippen LogP contribution in [0.5, 0.6) is 5.75 Å². The third-order valence-electron chi connectivity index (χ3n) is 4.04. The summed E-state index contributed by atoms with van der Waals surface area (Å²) in [7, 11) is 0. The zero-order chi connectivity index (χ0) is 15.3. The molecule has 0 bridgehead atoms. The van der Waals surface area contributed by atoms with Crippen molar-refractivity contribution in [1.29, 1.82) is 0 Å². The predicted molar refractivity (Wildman–Crippen MR) is 86.9 cm³/mol. The number of piperidine rings is 1. The van der Waals surface area contributed by atoms with Gasteiger partial charge in [0.15, 0.2) is 0 Å². The quantitative estimate of drug-likeness (QED) is 0.840. The van der Waals surface area contributed by atoms with Crippen LogP contribution >= 0.6 is 0 Å². The lowest BCUT2D eigenvalue weighted by atomic mass is 9.86. The Kier molecular flexibility index (Phi) is 7.67. The summed E-state index contributed by atoms with van der Waals surface area (Å²) in [6, 6.07) is 8.12. The number of β-amino-alcohol motifs (C(OH)–C–C–N with tert-alkyl or cyclic N) is 1. The molecular formula is C18H29ClNO2-. The van der Waals surface area contributed by atoms with Gasteiger partial charge in [0.2, 0.25) is 0 Å². The molecule has 2 rings (SSSR count). The topological polar surface area (TPSA) is 32.7 Å². The molecule has 126 valence electrons. The maximum atomic E-state index is 10.2. The molecule has 1 N–H and O–H groups in total. The summed E-state index contributed by atoms with van der Waals surface area (Å²) in [4.78, 5) is 2.34. The molecule has 4 heteroatoms. The van der Waals surface area contributed by atoms with Gasteiger partial charge in [0.25, 0.3) is 0 Å². The number of para-hydroxylation sites is 1. The Labute approximate surface area is 141 Å². The molecule has 0 aliphatic carbocycles. The lowest BCUT2D eigenvalue weighted by Gasteiger charge is -2.29. The first-order valence-electron chi connectivity index (χ1n) is 8.09. The van der Waals surface area contributed by atoms with E-state index in [-0.39, 0.29) is 17.8 Å². The van der Waals surface area contributed by atoms with Crippen LogP contribution in [0.15, 0.2) is 24.3 Å². The molecule has 1 aliphatic rings. The van der Waals surface area contributed by atoms with Gasteiger partial charge in [0.05, 0.1) is 0 Å². The van der Waals surface area contributed by atoms with Gasteiger partial charge in [-0.2, -0.15) is 0 Å². The maximum absolute atomic E-state index is 10.2. The number of hydrogen-bond donors (Lipinski definition) is 1. The van der Waals surface area contributed by atoms with Gasteiger partial charge in [0, 0.05) is 6.54 Å². The molecule has 0 saturated carbocycles. The molecule has 1 aromatic rings. The maximum Gasteiger partial charge on any atom is 0.123 e. The molecular weight excluding hydrogens is 298 g/mol. The fourth-order valence-corrected chi connectivity index (χ4v) is 2.89. The fraction of sp³-hybridized carbons (Fsp3) is 0.667. The number of halogens is 1. The van der Waals surface area contributed by atoms with Gasteiger partial charge >= 0.3 is 0 Å². The minimum Gasteiger partial charge on any atom is -1.00 e. The molecule has 0 radical (unpaired) electrons. The van der Waals surface area contributed by atoms with Gasteiger partial charge in [-0.15, -0.1) is 0 Å². The number of ether oxygens (including phenoxy) is 1. The van der Waals surface area contributed by atoms with Crippen LogP contribution in [0.2, 0.25) is 0 Å². The van der Waals surface area contributed by atoms with E-state index in [0.717, 1.165) is 25.4 Å². The van der Waals surface area contributed by atoms with Crippen molar-refractivity contribution in [3.8, 4) is 5.75 Å². The summed E-state index contributed by atoms with van der Waals surface area (Å²) in [5.41, 5.74) is 1.24. The fourth-order valence-electron chi connectivity index (χ4n) is 2.89. The number of hydrogen-bond acceptors (Lipinski definition) is 3. The largest absolute Gasteiger partial charge is 1.00 e. The second-order valence-corrected chi connectivity index (χ2v) is 7.07. The van der Waals surface area contributed by atoms with Crippen molar-refractivity contribution < 1.29 is 22.3 Å². The van der Waals surface area contributed by atoms with Crippen molar-refractivity contribution in [2.24, 2.45) is 0 Å². The summed E-state index contributed by atoms with van der Waals surface area (Å²) in [6.45, 7) is 9.84. The third-order valence-corrected chi connectivity index (χ3v) is 4.04. The molecule has 3 nitrogen and oxygen atoms in total. The van der Waals surface area contributed by atoms with Crippen molar-refractivity contribution in [3.05, 3.63) is 29.8 Å². The van der Waals surface area contributed by atoms with Crippen LogP contribution in [0.25, 0.3) is 0 Å². The second kappa shape index (κ2) is 8.76. The number of rotatable bonds is 5. The Hall–Kier alpha value is -0.770. The highest BCUT2D eigenvalue weighted by atomic mass is 35.5. The van der Waals surface area contributed by atoms with Gasteiger partial charge in [-0.05, 0) is 43.0 Å². The minimum absolute atomic E-state index is 0. The van der Waals surface area contributed by atoms with Gasteiger partial charge in [-0.3, -0.25) is 0 Å². The smallest absolute Gasteiger partial charge is 0.123 e. The van der Waals surface area contributed by atoms with Crippen LogP contribution < -0.4 is 17.1 Å².